The number of aryl methyl sites for hydroxylation is 1. The number of hydrogen-bond donors (Lipinski definition) is 1. The quantitative estimate of drug-likeness (QED) is 0.771. The van der Waals surface area contributed by atoms with Gasteiger partial charge in [0.25, 0.3) is 0 Å². The second-order valence-electron chi connectivity index (χ2n) is 3.45. The lowest BCUT2D eigenvalue weighted by Crippen LogP contribution is -2.33. The van der Waals surface area contributed by atoms with E-state index in [-0.39, 0.29) is 12.1 Å². The third kappa shape index (κ3) is 2.74. The average Bonchev–Trinajstić information content (AvgIpc) is 2.08. The van der Waals surface area contributed by atoms with Crippen molar-refractivity contribution < 1.29 is 4.74 Å². The predicted octanol–water partition coefficient (Wildman–Crippen LogP) is 2.11. The zero-order chi connectivity index (χ0) is 9.84. The first-order valence-electron chi connectivity index (χ1n) is 4.59. The van der Waals surface area contributed by atoms with E-state index in [2.05, 4.69) is 0 Å². The molecule has 2 atom stereocenters. The van der Waals surface area contributed by atoms with Gasteiger partial charge in [-0.1, -0.05) is 18.2 Å². The van der Waals surface area contributed by atoms with Crippen LogP contribution in [0.15, 0.2) is 24.3 Å². The van der Waals surface area contributed by atoms with E-state index in [4.69, 9.17) is 10.5 Å². The first kappa shape index (κ1) is 10.1. The highest BCUT2D eigenvalue weighted by Crippen LogP contribution is 2.18. The van der Waals surface area contributed by atoms with Gasteiger partial charge in [-0.05, 0) is 32.4 Å². The molecule has 0 spiro atoms. The molecule has 0 saturated heterocycles. The molecule has 0 aromatic heterocycles. The third-order valence-electron chi connectivity index (χ3n) is 2.15. The van der Waals surface area contributed by atoms with Crippen molar-refractivity contribution in [3.05, 3.63) is 29.8 Å². The molecule has 0 amide bonds. The van der Waals surface area contributed by atoms with Gasteiger partial charge in [0, 0.05) is 6.04 Å². The number of nitrogens with two attached hydrogens (primary N) is 1. The van der Waals surface area contributed by atoms with Gasteiger partial charge in [-0.3, -0.25) is 0 Å². The molecule has 2 nitrogen and oxygen atoms in total. The van der Waals surface area contributed by atoms with Gasteiger partial charge in [0.1, 0.15) is 11.9 Å². The Bertz CT molecular complexity index is 271. The first-order valence-corrected chi connectivity index (χ1v) is 4.59. The van der Waals surface area contributed by atoms with Gasteiger partial charge >= 0.3 is 0 Å². The lowest BCUT2D eigenvalue weighted by molar-refractivity contribution is 0.195. The molecule has 1 unspecified atom stereocenters. The number of rotatable bonds is 3. The van der Waals surface area contributed by atoms with Gasteiger partial charge in [0.05, 0.1) is 0 Å². The van der Waals surface area contributed by atoms with Crippen molar-refractivity contribution in [3.63, 3.8) is 0 Å². The zero-order valence-electron chi connectivity index (χ0n) is 8.45. The Balaban J connectivity index is 2.69. The molecule has 2 heteroatoms. The highest BCUT2D eigenvalue weighted by Gasteiger charge is 2.09. The van der Waals surface area contributed by atoms with Crippen molar-refractivity contribution in [1.29, 1.82) is 0 Å². The minimum absolute atomic E-state index is 0.0552. The van der Waals surface area contributed by atoms with Crippen molar-refractivity contribution >= 4 is 0 Å². The molecule has 0 fully saturated rings. The smallest absolute Gasteiger partial charge is 0.122 e. The second kappa shape index (κ2) is 4.28. The van der Waals surface area contributed by atoms with Gasteiger partial charge in [0.2, 0.25) is 0 Å². The Morgan fingerprint density at radius 1 is 1.23 bits per heavy atom. The van der Waals surface area contributed by atoms with E-state index >= 15 is 0 Å². The van der Waals surface area contributed by atoms with Crippen LogP contribution in [0.2, 0.25) is 0 Å². The molecule has 1 aromatic rings. The average molecular weight is 179 g/mol. The van der Waals surface area contributed by atoms with Crippen molar-refractivity contribution in [2.45, 2.75) is 32.9 Å². The van der Waals surface area contributed by atoms with Crippen LogP contribution in [0, 0.1) is 6.92 Å². The number of ether oxygens (including phenoxy) is 1. The zero-order valence-corrected chi connectivity index (χ0v) is 8.45. The summed E-state index contributed by atoms with van der Waals surface area (Å²) in [5.41, 5.74) is 6.86. The fraction of sp³-hybridized carbons (Fsp3) is 0.455. The molecule has 0 saturated carbocycles. The van der Waals surface area contributed by atoms with Crippen LogP contribution in [0.3, 0.4) is 0 Å². The van der Waals surface area contributed by atoms with E-state index < -0.39 is 0 Å². The first-order chi connectivity index (χ1) is 6.11. The topological polar surface area (TPSA) is 35.2 Å². The third-order valence-corrected chi connectivity index (χ3v) is 2.15. The Kier molecular flexibility index (Phi) is 3.32. The number of benzene rings is 1. The van der Waals surface area contributed by atoms with Crippen LogP contribution in [0.4, 0.5) is 0 Å². The Hall–Kier alpha value is -1.02. The maximum absolute atomic E-state index is 5.71. The van der Waals surface area contributed by atoms with Gasteiger partial charge in [-0.15, -0.1) is 0 Å². The maximum atomic E-state index is 5.71. The molecule has 1 aromatic carbocycles. The van der Waals surface area contributed by atoms with Crippen LogP contribution < -0.4 is 10.5 Å². The fourth-order valence-electron chi connectivity index (χ4n) is 0.996. The Morgan fingerprint density at radius 3 is 2.38 bits per heavy atom. The SMILES string of the molecule is Cc1ccccc1OC(C)[C@@H](C)N. The Labute approximate surface area is 79.7 Å². The van der Waals surface area contributed by atoms with Crippen LogP contribution in [-0.2, 0) is 0 Å². The summed E-state index contributed by atoms with van der Waals surface area (Å²) in [5, 5.41) is 0. The van der Waals surface area contributed by atoms with Crippen molar-refractivity contribution in [1.82, 2.24) is 0 Å². The molecular formula is C11H17NO. The lowest BCUT2D eigenvalue weighted by Gasteiger charge is -2.19. The molecule has 72 valence electrons. The number of hydrogen-bond acceptors (Lipinski definition) is 2. The standard InChI is InChI=1S/C11H17NO/c1-8-6-4-5-7-11(8)13-10(3)9(2)12/h4-7,9-10H,12H2,1-3H3/t9-,10?/m1/s1. The summed E-state index contributed by atoms with van der Waals surface area (Å²) in [5.74, 6) is 0.923. The van der Waals surface area contributed by atoms with Crippen LogP contribution in [-0.4, -0.2) is 12.1 Å². The molecule has 13 heavy (non-hydrogen) atoms. The van der Waals surface area contributed by atoms with Crippen LogP contribution in [0.25, 0.3) is 0 Å². The molecule has 0 radical (unpaired) electrons. The minimum atomic E-state index is 0.0552. The monoisotopic (exact) mass is 179 g/mol. The van der Waals surface area contributed by atoms with Gasteiger partial charge in [-0.25, -0.2) is 0 Å². The maximum Gasteiger partial charge on any atom is 0.122 e. The summed E-state index contributed by atoms with van der Waals surface area (Å²) >= 11 is 0. The van der Waals surface area contributed by atoms with E-state index in [0.717, 1.165) is 11.3 Å². The summed E-state index contributed by atoms with van der Waals surface area (Å²) in [6, 6.07) is 8.02. The van der Waals surface area contributed by atoms with E-state index in [1.807, 2.05) is 45.0 Å². The summed E-state index contributed by atoms with van der Waals surface area (Å²) in [4.78, 5) is 0. The van der Waals surface area contributed by atoms with Crippen molar-refractivity contribution in [2.75, 3.05) is 0 Å². The van der Waals surface area contributed by atoms with Crippen LogP contribution in [0.1, 0.15) is 19.4 Å². The normalized spacial score (nSPS) is 15.1. The summed E-state index contributed by atoms with van der Waals surface area (Å²) in [6.45, 7) is 5.96. The van der Waals surface area contributed by atoms with Gasteiger partial charge < -0.3 is 10.5 Å². The minimum Gasteiger partial charge on any atom is -0.489 e. The summed E-state index contributed by atoms with van der Waals surface area (Å²) in [7, 11) is 0. The highest BCUT2D eigenvalue weighted by molar-refractivity contribution is 5.31. The van der Waals surface area contributed by atoms with E-state index in [9.17, 15) is 0 Å². The van der Waals surface area contributed by atoms with Crippen molar-refractivity contribution in [2.24, 2.45) is 5.73 Å². The van der Waals surface area contributed by atoms with E-state index in [1.54, 1.807) is 0 Å². The largest absolute Gasteiger partial charge is 0.489 e. The van der Waals surface area contributed by atoms with Gasteiger partial charge in [-0.2, -0.15) is 0 Å². The van der Waals surface area contributed by atoms with Gasteiger partial charge in [0.15, 0.2) is 0 Å². The summed E-state index contributed by atoms with van der Waals surface area (Å²) in [6.07, 6.45) is 0.0566. The molecule has 1 rings (SSSR count). The number of para-hydroxylation sites is 1. The predicted molar refractivity (Wildman–Crippen MR) is 54.9 cm³/mol. The molecular weight excluding hydrogens is 162 g/mol. The highest BCUT2D eigenvalue weighted by atomic mass is 16.5. The fourth-order valence-corrected chi connectivity index (χ4v) is 0.996. The summed E-state index contributed by atoms with van der Waals surface area (Å²) < 4.78 is 5.68. The lowest BCUT2D eigenvalue weighted by atomic mass is 10.2. The molecule has 0 aliphatic heterocycles. The second-order valence-corrected chi connectivity index (χ2v) is 3.45. The van der Waals surface area contributed by atoms with E-state index in [0.29, 0.717) is 0 Å². The van der Waals surface area contributed by atoms with Crippen LogP contribution in [0.5, 0.6) is 5.75 Å². The molecule has 0 aliphatic carbocycles. The molecule has 0 aliphatic rings. The van der Waals surface area contributed by atoms with Crippen molar-refractivity contribution in [3.8, 4) is 5.75 Å². The molecule has 2 N–H and O–H groups in total. The molecule has 0 bridgehead atoms. The van der Waals surface area contributed by atoms with Crippen LogP contribution >= 0.6 is 0 Å². The van der Waals surface area contributed by atoms with E-state index in [1.165, 1.54) is 0 Å². The molecule has 0 heterocycles. The Morgan fingerprint density at radius 2 is 1.85 bits per heavy atom.